The Labute approximate surface area is 93.4 Å². The summed E-state index contributed by atoms with van der Waals surface area (Å²) in [6.45, 7) is 3.96. The van der Waals surface area contributed by atoms with E-state index in [0.717, 1.165) is 11.4 Å². The molecule has 2 rings (SSSR count). The number of nitriles is 1. The molecule has 2 heterocycles. The zero-order valence-electron chi connectivity index (χ0n) is 9.10. The lowest BCUT2D eigenvalue weighted by atomic mass is 10.4. The van der Waals surface area contributed by atoms with E-state index in [1.165, 1.54) is 0 Å². The summed E-state index contributed by atoms with van der Waals surface area (Å²) in [5.41, 5.74) is 5.50. The molecular formula is C11H11N5. The smallest absolute Gasteiger partial charge is 0.243 e. The number of anilines is 1. The second-order valence-corrected chi connectivity index (χ2v) is 3.44. The van der Waals surface area contributed by atoms with Gasteiger partial charge in [0.15, 0.2) is 0 Å². The lowest BCUT2D eigenvalue weighted by Gasteiger charge is -2.10. The van der Waals surface area contributed by atoms with Gasteiger partial charge in [-0.25, -0.2) is 9.97 Å². The summed E-state index contributed by atoms with van der Waals surface area (Å²) in [4.78, 5) is 8.09. The molecule has 0 aromatic carbocycles. The van der Waals surface area contributed by atoms with Crippen molar-refractivity contribution in [1.29, 1.82) is 5.26 Å². The first-order valence-corrected chi connectivity index (χ1v) is 4.86. The van der Waals surface area contributed by atoms with Crippen LogP contribution in [0.5, 0.6) is 0 Å². The van der Waals surface area contributed by atoms with E-state index in [1.807, 2.05) is 36.7 Å². The van der Waals surface area contributed by atoms with Gasteiger partial charge in [0.05, 0.1) is 0 Å². The van der Waals surface area contributed by atoms with Gasteiger partial charge < -0.3 is 0 Å². The standard InChI is InChI=1S/C11H11N5/c1-8-3-4-9(2)16(8)15-11-13-6-5-10(7-12)14-11/h3-6H,1-2H3,(H,13,14,15). The zero-order valence-corrected chi connectivity index (χ0v) is 9.10. The third-order valence-corrected chi connectivity index (χ3v) is 2.25. The Kier molecular flexibility index (Phi) is 2.56. The molecule has 0 radical (unpaired) electrons. The van der Waals surface area contributed by atoms with Crippen LogP contribution in [0.3, 0.4) is 0 Å². The molecule has 0 unspecified atom stereocenters. The van der Waals surface area contributed by atoms with E-state index in [1.54, 1.807) is 12.3 Å². The number of rotatable bonds is 2. The van der Waals surface area contributed by atoms with Crippen molar-refractivity contribution in [2.45, 2.75) is 13.8 Å². The predicted molar refractivity (Wildman–Crippen MR) is 59.7 cm³/mol. The van der Waals surface area contributed by atoms with Gasteiger partial charge in [-0.15, -0.1) is 0 Å². The molecule has 5 heteroatoms. The third kappa shape index (κ3) is 1.86. The average Bonchev–Trinajstić information content (AvgIpc) is 2.61. The van der Waals surface area contributed by atoms with Gasteiger partial charge in [-0.3, -0.25) is 10.1 Å². The first kappa shape index (κ1) is 10.2. The fourth-order valence-corrected chi connectivity index (χ4v) is 1.42. The normalized spacial score (nSPS) is 9.81. The monoisotopic (exact) mass is 213 g/mol. The van der Waals surface area contributed by atoms with E-state index < -0.39 is 0 Å². The number of hydrogen-bond donors (Lipinski definition) is 1. The van der Waals surface area contributed by atoms with Crippen molar-refractivity contribution in [2.24, 2.45) is 0 Å². The molecule has 0 atom stereocenters. The molecule has 2 aromatic rings. The fraction of sp³-hybridized carbons (Fsp3) is 0.182. The summed E-state index contributed by atoms with van der Waals surface area (Å²) in [5.74, 6) is 0.418. The summed E-state index contributed by atoms with van der Waals surface area (Å²) < 4.78 is 1.87. The summed E-state index contributed by atoms with van der Waals surface area (Å²) in [6.07, 6.45) is 1.56. The van der Waals surface area contributed by atoms with Crippen LogP contribution in [-0.4, -0.2) is 14.6 Å². The van der Waals surface area contributed by atoms with E-state index in [2.05, 4.69) is 15.4 Å². The predicted octanol–water partition coefficient (Wildman–Crippen LogP) is 1.64. The molecule has 0 fully saturated rings. The minimum Gasteiger partial charge on any atom is -0.262 e. The Morgan fingerprint density at radius 3 is 2.56 bits per heavy atom. The Morgan fingerprint density at radius 2 is 1.94 bits per heavy atom. The largest absolute Gasteiger partial charge is 0.262 e. The van der Waals surface area contributed by atoms with Crippen LogP contribution in [0.1, 0.15) is 17.1 Å². The molecule has 1 N–H and O–H groups in total. The minimum atomic E-state index is 0.347. The molecular weight excluding hydrogens is 202 g/mol. The highest BCUT2D eigenvalue weighted by Crippen LogP contribution is 2.08. The quantitative estimate of drug-likeness (QED) is 0.823. The van der Waals surface area contributed by atoms with Crippen LogP contribution in [0, 0.1) is 25.2 Å². The molecule has 0 aliphatic carbocycles. The molecule has 0 bridgehead atoms. The van der Waals surface area contributed by atoms with Gasteiger partial charge in [0.2, 0.25) is 5.95 Å². The molecule has 2 aromatic heterocycles. The maximum atomic E-state index is 8.72. The summed E-state index contributed by atoms with van der Waals surface area (Å²) in [5, 5.41) is 8.72. The van der Waals surface area contributed by atoms with Gasteiger partial charge in [-0.05, 0) is 32.0 Å². The minimum absolute atomic E-state index is 0.347. The maximum absolute atomic E-state index is 8.72. The van der Waals surface area contributed by atoms with Crippen molar-refractivity contribution in [3.8, 4) is 6.07 Å². The van der Waals surface area contributed by atoms with Gasteiger partial charge in [-0.2, -0.15) is 5.26 Å². The number of aromatic nitrogens is 3. The number of hydrogen-bond acceptors (Lipinski definition) is 4. The zero-order chi connectivity index (χ0) is 11.5. The van der Waals surface area contributed by atoms with Crippen LogP contribution in [0.25, 0.3) is 0 Å². The Hall–Kier alpha value is -2.35. The lowest BCUT2D eigenvalue weighted by Crippen LogP contribution is -2.14. The SMILES string of the molecule is Cc1ccc(C)n1Nc1nccc(C#N)n1. The van der Waals surface area contributed by atoms with Crippen molar-refractivity contribution in [2.75, 3.05) is 5.43 Å². The van der Waals surface area contributed by atoms with Gasteiger partial charge in [-0.1, -0.05) is 0 Å². The molecule has 5 nitrogen and oxygen atoms in total. The molecule has 0 aliphatic heterocycles. The van der Waals surface area contributed by atoms with E-state index >= 15 is 0 Å². The van der Waals surface area contributed by atoms with Crippen LogP contribution in [-0.2, 0) is 0 Å². The Balaban J connectivity index is 2.31. The summed E-state index contributed by atoms with van der Waals surface area (Å²) in [6, 6.07) is 7.54. The molecule has 0 spiro atoms. The first-order chi connectivity index (χ1) is 7.70. The number of nitrogens with zero attached hydrogens (tertiary/aromatic N) is 4. The highest BCUT2D eigenvalue weighted by molar-refractivity contribution is 5.32. The lowest BCUT2D eigenvalue weighted by molar-refractivity contribution is 0.855. The van der Waals surface area contributed by atoms with Crippen LogP contribution in [0.2, 0.25) is 0 Å². The Morgan fingerprint density at radius 1 is 1.25 bits per heavy atom. The molecule has 0 saturated heterocycles. The second-order valence-electron chi connectivity index (χ2n) is 3.44. The highest BCUT2D eigenvalue weighted by atomic mass is 15.5. The topological polar surface area (TPSA) is 66.5 Å². The van der Waals surface area contributed by atoms with Crippen molar-refractivity contribution < 1.29 is 0 Å². The molecule has 80 valence electrons. The second kappa shape index (κ2) is 4.03. The summed E-state index contributed by atoms with van der Waals surface area (Å²) >= 11 is 0. The van der Waals surface area contributed by atoms with Gasteiger partial charge in [0.25, 0.3) is 0 Å². The number of nitrogens with one attached hydrogen (secondary N) is 1. The third-order valence-electron chi connectivity index (χ3n) is 2.25. The van der Waals surface area contributed by atoms with Crippen LogP contribution in [0.15, 0.2) is 24.4 Å². The first-order valence-electron chi connectivity index (χ1n) is 4.86. The average molecular weight is 213 g/mol. The van der Waals surface area contributed by atoms with E-state index in [4.69, 9.17) is 5.26 Å². The molecule has 16 heavy (non-hydrogen) atoms. The highest BCUT2D eigenvalue weighted by Gasteiger charge is 2.03. The maximum Gasteiger partial charge on any atom is 0.243 e. The molecule has 0 amide bonds. The summed E-state index contributed by atoms with van der Waals surface area (Å²) in [7, 11) is 0. The Bertz CT molecular complexity index is 530. The molecule has 0 aliphatic rings. The van der Waals surface area contributed by atoms with Crippen molar-refractivity contribution in [3.63, 3.8) is 0 Å². The van der Waals surface area contributed by atoms with E-state index in [0.29, 0.717) is 11.6 Å². The van der Waals surface area contributed by atoms with Crippen LogP contribution >= 0.6 is 0 Å². The van der Waals surface area contributed by atoms with Gasteiger partial charge >= 0.3 is 0 Å². The number of aryl methyl sites for hydroxylation is 2. The van der Waals surface area contributed by atoms with Crippen LogP contribution in [0.4, 0.5) is 5.95 Å². The molecule has 0 saturated carbocycles. The van der Waals surface area contributed by atoms with E-state index in [-0.39, 0.29) is 0 Å². The van der Waals surface area contributed by atoms with Gasteiger partial charge in [0, 0.05) is 17.6 Å². The van der Waals surface area contributed by atoms with Crippen molar-refractivity contribution >= 4 is 5.95 Å². The van der Waals surface area contributed by atoms with E-state index in [9.17, 15) is 0 Å². The van der Waals surface area contributed by atoms with Crippen molar-refractivity contribution in [1.82, 2.24) is 14.6 Å². The fourth-order valence-electron chi connectivity index (χ4n) is 1.42. The van der Waals surface area contributed by atoms with Gasteiger partial charge in [0.1, 0.15) is 11.8 Å². The van der Waals surface area contributed by atoms with Crippen LogP contribution < -0.4 is 5.43 Å². The van der Waals surface area contributed by atoms with Crippen molar-refractivity contribution in [3.05, 3.63) is 41.5 Å².